The molecule has 0 bridgehead atoms. The molecule has 1 aliphatic heterocycles. The van der Waals surface area contributed by atoms with Crippen LogP contribution in [0.5, 0.6) is 11.5 Å². The number of hydrogen-bond acceptors (Lipinski definition) is 6. The average molecular weight is 566 g/mol. The van der Waals surface area contributed by atoms with Gasteiger partial charge in [-0.15, -0.1) is 24.0 Å². The average Bonchev–Trinajstić information content (AvgIpc) is 3.36. The van der Waals surface area contributed by atoms with Crippen molar-refractivity contribution in [3.63, 3.8) is 0 Å². The summed E-state index contributed by atoms with van der Waals surface area (Å²) in [7, 11) is 1.70. The molecule has 1 aromatic carbocycles. The third-order valence-electron chi connectivity index (χ3n) is 5.98. The predicted octanol–water partition coefficient (Wildman–Crippen LogP) is 3.71. The van der Waals surface area contributed by atoms with Gasteiger partial charge in [-0.2, -0.15) is 0 Å². The molecule has 1 saturated carbocycles. The maximum absolute atomic E-state index is 6.16. The Balaban J connectivity index is 0.00000306. The fourth-order valence-electron chi connectivity index (χ4n) is 4.26. The first-order valence-electron chi connectivity index (χ1n) is 11.7. The second-order valence-electron chi connectivity index (χ2n) is 8.20. The van der Waals surface area contributed by atoms with Crippen LogP contribution in [0.3, 0.4) is 0 Å². The Morgan fingerprint density at radius 3 is 2.48 bits per heavy atom. The molecule has 2 aromatic rings. The van der Waals surface area contributed by atoms with Gasteiger partial charge in [0.1, 0.15) is 0 Å². The second-order valence-corrected chi connectivity index (χ2v) is 8.20. The van der Waals surface area contributed by atoms with Gasteiger partial charge in [0.25, 0.3) is 0 Å². The molecule has 9 heteroatoms. The van der Waals surface area contributed by atoms with Crippen molar-refractivity contribution in [1.82, 2.24) is 20.2 Å². The fourth-order valence-corrected chi connectivity index (χ4v) is 4.26. The minimum Gasteiger partial charge on any atom is -0.493 e. The largest absolute Gasteiger partial charge is 0.493 e. The Labute approximate surface area is 213 Å². The summed E-state index contributed by atoms with van der Waals surface area (Å²) < 4.78 is 11.8. The Bertz CT molecular complexity index is 884. The van der Waals surface area contributed by atoms with Gasteiger partial charge >= 0.3 is 0 Å². The van der Waals surface area contributed by atoms with E-state index in [1.54, 1.807) is 19.5 Å². The normalized spacial score (nSPS) is 17.0. The molecule has 1 N–H and O–H groups in total. The Hall–Kier alpha value is -2.30. The summed E-state index contributed by atoms with van der Waals surface area (Å²) >= 11 is 0. The molecule has 0 amide bonds. The first kappa shape index (κ1) is 25.3. The Kier molecular flexibility index (Phi) is 9.83. The molecule has 0 atom stereocenters. The van der Waals surface area contributed by atoms with E-state index in [1.165, 1.54) is 12.8 Å². The van der Waals surface area contributed by atoms with Crippen LogP contribution in [-0.2, 0) is 6.54 Å². The Morgan fingerprint density at radius 2 is 1.82 bits per heavy atom. The summed E-state index contributed by atoms with van der Waals surface area (Å²) in [6.45, 7) is 7.01. The number of ether oxygens (including phenoxy) is 2. The van der Waals surface area contributed by atoms with Gasteiger partial charge in [0.05, 0.1) is 19.8 Å². The van der Waals surface area contributed by atoms with Crippen LogP contribution in [0.25, 0.3) is 0 Å². The van der Waals surface area contributed by atoms with Crippen molar-refractivity contribution < 1.29 is 9.47 Å². The van der Waals surface area contributed by atoms with E-state index in [9.17, 15) is 0 Å². The number of nitrogens with zero attached hydrogens (tertiary/aromatic N) is 5. The lowest BCUT2D eigenvalue weighted by atomic mass is 10.2. The SMILES string of the molecule is CCNC(=NCc1ccc(OC2CCCC2)c(OC)c1)N1CCN(c2ncccn2)CC1.I. The highest BCUT2D eigenvalue weighted by Gasteiger charge is 2.21. The summed E-state index contributed by atoms with van der Waals surface area (Å²) in [5.74, 6) is 3.34. The molecule has 33 heavy (non-hydrogen) atoms. The number of aromatic nitrogens is 2. The van der Waals surface area contributed by atoms with E-state index >= 15 is 0 Å². The molecule has 2 aliphatic rings. The first-order chi connectivity index (χ1) is 15.8. The number of rotatable bonds is 7. The number of nitrogens with one attached hydrogen (secondary N) is 1. The number of hydrogen-bond donors (Lipinski definition) is 1. The van der Waals surface area contributed by atoms with Crippen LogP contribution >= 0.6 is 24.0 Å². The van der Waals surface area contributed by atoms with Gasteiger partial charge in [-0.25, -0.2) is 15.0 Å². The molecule has 0 spiro atoms. The maximum atomic E-state index is 6.16. The van der Waals surface area contributed by atoms with Crippen LogP contribution in [0, 0.1) is 0 Å². The van der Waals surface area contributed by atoms with E-state index in [0.717, 1.165) is 74.5 Å². The molecular formula is C24H35IN6O2. The highest BCUT2D eigenvalue weighted by molar-refractivity contribution is 14.0. The second kappa shape index (κ2) is 12.8. The fraction of sp³-hybridized carbons (Fsp3) is 0.542. The van der Waals surface area contributed by atoms with E-state index in [1.807, 2.05) is 18.2 Å². The smallest absolute Gasteiger partial charge is 0.225 e. The van der Waals surface area contributed by atoms with Crippen molar-refractivity contribution >= 4 is 35.9 Å². The summed E-state index contributed by atoms with van der Waals surface area (Å²) in [5, 5.41) is 3.44. The number of piperazine rings is 1. The minimum absolute atomic E-state index is 0. The van der Waals surface area contributed by atoms with Crippen LogP contribution in [0.15, 0.2) is 41.7 Å². The number of anilines is 1. The zero-order valence-electron chi connectivity index (χ0n) is 19.6. The highest BCUT2D eigenvalue weighted by Crippen LogP contribution is 2.32. The standard InChI is InChI=1S/C24H34N6O2.HI/c1-3-25-23(29-13-15-30(16-14-29)24-26-11-6-12-27-24)28-18-19-9-10-21(22(17-19)31-2)32-20-7-4-5-8-20;/h6,9-12,17,20H,3-5,7-8,13-16,18H2,1-2H3,(H,25,28);1H. The summed E-state index contributed by atoms with van der Waals surface area (Å²) in [4.78, 5) is 18.2. The molecule has 1 aromatic heterocycles. The zero-order valence-corrected chi connectivity index (χ0v) is 21.9. The predicted molar refractivity (Wildman–Crippen MR) is 142 cm³/mol. The van der Waals surface area contributed by atoms with Crippen LogP contribution in [-0.4, -0.2) is 66.8 Å². The molecule has 1 aliphatic carbocycles. The van der Waals surface area contributed by atoms with Gasteiger partial charge in [-0.1, -0.05) is 6.07 Å². The third-order valence-corrected chi connectivity index (χ3v) is 5.98. The van der Waals surface area contributed by atoms with Gasteiger partial charge < -0.3 is 24.6 Å². The van der Waals surface area contributed by atoms with Crippen LogP contribution in [0.1, 0.15) is 38.2 Å². The lowest BCUT2D eigenvalue weighted by Gasteiger charge is -2.36. The van der Waals surface area contributed by atoms with E-state index in [2.05, 4.69) is 38.1 Å². The topological polar surface area (TPSA) is 75.1 Å². The molecule has 8 nitrogen and oxygen atoms in total. The summed E-state index contributed by atoms with van der Waals surface area (Å²) in [6, 6.07) is 8.00. The van der Waals surface area contributed by atoms with Crippen LogP contribution in [0.2, 0.25) is 0 Å². The van der Waals surface area contributed by atoms with Crippen molar-refractivity contribution in [3.8, 4) is 11.5 Å². The number of guanidine groups is 1. The van der Waals surface area contributed by atoms with Gasteiger partial charge in [0, 0.05) is 45.1 Å². The molecule has 4 rings (SSSR count). The molecule has 0 radical (unpaired) electrons. The molecule has 2 heterocycles. The van der Waals surface area contributed by atoms with Crippen molar-refractivity contribution in [1.29, 1.82) is 0 Å². The molecule has 180 valence electrons. The number of benzene rings is 1. The maximum Gasteiger partial charge on any atom is 0.225 e. The highest BCUT2D eigenvalue weighted by atomic mass is 127. The number of halogens is 1. The zero-order chi connectivity index (χ0) is 22.2. The van der Waals surface area contributed by atoms with Gasteiger partial charge in [0.2, 0.25) is 5.95 Å². The third kappa shape index (κ3) is 6.84. The molecule has 0 unspecified atom stereocenters. The van der Waals surface area contributed by atoms with Gasteiger partial charge in [-0.3, -0.25) is 0 Å². The quantitative estimate of drug-likeness (QED) is 0.311. The molecular weight excluding hydrogens is 531 g/mol. The first-order valence-corrected chi connectivity index (χ1v) is 11.7. The summed E-state index contributed by atoms with van der Waals surface area (Å²) in [5.41, 5.74) is 1.10. The van der Waals surface area contributed by atoms with Gasteiger partial charge in [0.15, 0.2) is 17.5 Å². The molecule has 1 saturated heterocycles. The number of methoxy groups -OCH3 is 1. The lowest BCUT2D eigenvalue weighted by Crippen LogP contribution is -2.52. The van der Waals surface area contributed by atoms with Crippen molar-refractivity contribution in [2.24, 2.45) is 4.99 Å². The van der Waals surface area contributed by atoms with Crippen LogP contribution in [0.4, 0.5) is 5.95 Å². The van der Waals surface area contributed by atoms with Gasteiger partial charge in [-0.05, 0) is 56.4 Å². The molecule has 2 fully saturated rings. The number of aliphatic imine (C=N–C) groups is 1. The Morgan fingerprint density at radius 1 is 1.09 bits per heavy atom. The monoisotopic (exact) mass is 566 g/mol. The van der Waals surface area contributed by atoms with Crippen molar-refractivity contribution in [2.45, 2.75) is 45.3 Å². The minimum atomic E-state index is 0. The van der Waals surface area contributed by atoms with Crippen LogP contribution < -0.4 is 19.7 Å². The van der Waals surface area contributed by atoms with E-state index < -0.39 is 0 Å². The lowest BCUT2D eigenvalue weighted by molar-refractivity contribution is 0.200. The van der Waals surface area contributed by atoms with E-state index in [0.29, 0.717) is 12.6 Å². The van der Waals surface area contributed by atoms with Crippen molar-refractivity contribution in [2.75, 3.05) is 44.7 Å². The van der Waals surface area contributed by atoms with E-state index in [-0.39, 0.29) is 24.0 Å². The van der Waals surface area contributed by atoms with Crippen molar-refractivity contribution in [3.05, 3.63) is 42.2 Å². The summed E-state index contributed by atoms with van der Waals surface area (Å²) in [6.07, 6.45) is 8.65. The van der Waals surface area contributed by atoms with E-state index in [4.69, 9.17) is 14.5 Å².